The zero-order valence-corrected chi connectivity index (χ0v) is 14.4. The lowest BCUT2D eigenvalue weighted by Crippen LogP contribution is -2.46. The Hall–Kier alpha value is -0.190. The van der Waals surface area contributed by atoms with Gasteiger partial charge in [0, 0.05) is 24.2 Å². The molecular weight excluding hydrogens is 272 g/mol. The highest BCUT2D eigenvalue weighted by Crippen LogP contribution is 2.35. The molecule has 1 aliphatic heterocycles. The fraction of sp³-hybridized carbons (Fsp3) is 0.875. The Balaban J connectivity index is 0.000000493. The fourth-order valence-corrected chi connectivity index (χ4v) is 5.65. The second-order valence-corrected chi connectivity index (χ2v) is 10.4. The molecule has 4 heteroatoms. The van der Waals surface area contributed by atoms with Gasteiger partial charge in [-0.25, -0.2) is 0 Å². The van der Waals surface area contributed by atoms with Gasteiger partial charge in [-0.15, -0.1) is 0 Å². The van der Waals surface area contributed by atoms with Crippen molar-refractivity contribution in [2.75, 3.05) is 24.9 Å². The minimum Gasteiger partial charge on any atom is -0.385 e. The highest BCUT2D eigenvalue weighted by atomic mass is 32.3. The molecule has 1 atom stereocenters. The molecule has 1 heterocycles. The van der Waals surface area contributed by atoms with E-state index in [1.165, 1.54) is 24.7 Å². The van der Waals surface area contributed by atoms with Crippen LogP contribution in [0.4, 0.5) is 0 Å². The van der Waals surface area contributed by atoms with E-state index in [0.29, 0.717) is 5.75 Å². The van der Waals surface area contributed by atoms with E-state index in [4.69, 9.17) is 4.74 Å². The molecule has 0 aromatic carbocycles. The number of hydrogen-bond acceptors (Lipinski definition) is 3. The summed E-state index contributed by atoms with van der Waals surface area (Å²) in [5.41, 5.74) is 0. The first kappa shape index (κ1) is 19.8. The summed E-state index contributed by atoms with van der Waals surface area (Å²) in [4.78, 5) is 0. The number of hydrogen-bond donors (Lipinski definition) is 1. The molecule has 1 N–H and O–H groups in total. The van der Waals surface area contributed by atoms with E-state index in [-0.39, 0.29) is 11.2 Å². The topological polar surface area (TPSA) is 46.5 Å². The van der Waals surface area contributed by atoms with Gasteiger partial charge in [0.25, 0.3) is 0 Å². The third kappa shape index (κ3) is 5.66. The second-order valence-electron chi connectivity index (χ2n) is 5.71. The maximum atomic E-state index is 12.8. The highest BCUT2D eigenvalue weighted by molar-refractivity contribution is 8.22. The molecule has 1 fully saturated rings. The molecule has 0 aromatic rings. The van der Waals surface area contributed by atoms with E-state index in [0.717, 1.165) is 32.5 Å². The van der Waals surface area contributed by atoms with E-state index in [2.05, 4.69) is 13.5 Å². The number of aliphatic hydroxyl groups excluding tert-OH is 1. The van der Waals surface area contributed by atoms with Crippen LogP contribution in [-0.4, -0.2) is 39.5 Å². The molecule has 20 heavy (non-hydrogen) atoms. The minimum atomic E-state index is -3.01. The Bertz CT molecular complexity index is 312. The van der Waals surface area contributed by atoms with Gasteiger partial charge < -0.3 is 9.84 Å². The standard InChI is InChI=1S/C11H24O2S.C5H10O/c1-5-8-11(4)14(13,7-3,10-12)9-6-2;1-2-4-6-5-3-1/h7,11-12H,3,5-6,8-10H2,1-2,4H3;1-5H2. The molecule has 0 aromatic heterocycles. The van der Waals surface area contributed by atoms with Crippen molar-refractivity contribution in [1.82, 2.24) is 0 Å². The molecule has 1 rings (SSSR count). The summed E-state index contributed by atoms with van der Waals surface area (Å²) in [6, 6.07) is 0. The molecular formula is C16H34O3S. The van der Waals surface area contributed by atoms with Crippen LogP contribution in [0, 0.1) is 0 Å². The van der Waals surface area contributed by atoms with Crippen LogP contribution in [0.15, 0.2) is 12.0 Å². The Labute approximate surface area is 125 Å². The van der Waals surface area contributed by atoms with Gasteiger partial charge in [0.15, 0.2) is 0 Å². The van der Waals surface area contributed by atoms with Gasteiger partial charge in [0.2, 0.25) is 0 Å². The van der Waals surface area contributed by atoms with Crippen molar-refractivity contribution < 1.29 is 14.1 Å². The fourth-order valence-electron chi connectivity index (χ4n) is 2.53. The molecule has 0 bridgehead atoms. The predicted molar refractivity (Wildman–Crippen MR) is 89.6 cm³/mol. The van der Waals surface area contributed by atoms with Gasteiger partial charge in [-0.05, 0) is 37.5 Å². The van der Waals surface area contributed by atoms with E-state index in [1.54, 1.807) is 0 Å². The molecule has 0 radical (unpaired) electrons. The summed E-state index contributed by atoms with van der Waals surface area (Å²) in [5, 5.41) is 11.0. The lowest BCUT2D eigenvalue weighted by molar-refractivity contribution is 0.0968. The summed E-state index contributed by atoms with van der Waals surface area (Å²) < 4.78 is 17.9. The average molecular weight is 307 g/mol. The SMILES string of the molecule is C1CCOCC1.C=CS(=O)(CO)(CCC)C(C)CCC. The lowest BCUT2D eigenvalue weighted by Gasteiger charge is -2.42. The highest BCUT2D eigenvalue weighted by Gasteiger charge is 2.37. The Morgan fingerprint density at radius 1 is 1.25 bits per heavy atom. The van der Waals surface area contributed by atoms with Crippen molar-refractivity contribution in [3.8, 4) is 0 Å². The summed E-state index contributed by atoms with van der Waals surface area (Å²) in [6.45, 7) is 11.7. The molecule has 1 saturated heterocycles. The first-order valence-corrected chi connectivity index (χ1v) is 10.3. The quantitative estimate of drug-likeness (QED) is 0.780. The van der Waals surface area contributed by atoms with Crippen LogP contribution in [-0.2, 0) is 13.8 Å². The van der Waals surface area contributed by atoms with Gasteiger partial charge >= 0.3 is 0 Å². The van der Waals surface area contributed by atoms with Crippen molar-refractivity contribution in [2.24, 2.45) is 0 Å². The largest absolute Gasteiger partial charge is 0.385 e. The van der Waals surface area contributed by atoms with E-state index in [1.807, 2.05) is 13.8 Å². The number of aliphatic hydroxyl groups is 1. The molecule has 0 aliphatic carbocycles. The third-order valence-electron chi connectivity index (χ3n) is 4.10. The molecule has 0 spiro atoms. The van der Waals surface area contributed by atoms with Gasteiger partial charge in [-0.1, -0.05) is 42.8 Å². The van der Waals surface area contributed by atoms with Gasteiger partial charge in [-0.3, -0.25) is 4.21 Å². The Morgan fingerprint density at radius 3 is 2.10 bits per heavy atom. The smallest absolute Gasteiger partial charge is 0.102 e. The molecule has 0 saturated carbocycles. The molecule has 0 amide bonds. The maximum absolute atomic E-state index is 12.8. The van der Waals surface area contributed by atoms with E-state index in [9.17, 15) is 9.32 Å². The van der Waals surface area contributed by atoms with Crippen LogP contribution in [0.1, 0.15) is 59.3 Å². The lowest BCUT2D eigenvalue weighted by atomic mass is 10.2. The number of rotatable bonds is 7. The van der Waals surface area contributed by atoms with Crippen LogP contribution in [0.3, 0.4) is 0 Å². The number of ether oxygens (including phenoxy) is 1. The maximum Gasteiger partial charge on any atom is 0.102 e. The molecule has 122 valence electrons. The minimum absolute atomic E-state index is 0.0412. The second kappa shape index (κ2) is 9.69. The first-order valence-electron chi connectivity index (χ1n) is 7.92. The Kier molecular flexibility index (Phi) is 9.60. The van der Waals surface area contributed by atoms with Crippen LogP contribution in [0.2, 0.25) is 0 Å². The van der Waals surface area contributed by atoms with Crippen molar-refractivity contribution in [2.45, 2.75) is 64.5 Å². The zero-order valence-electron chi connectivity index (χ0n) is 13.6. The Morgan fingerprint density at radius 2 is 1.85 bits per heavy atom. The average Bonchev–Trinajstić information content (AvgIpc) is 2.50. The van der Waals surface area contributed by atoms with Crippen LogP contribution in [0.25, 0.3) is 0 Å². The molecule has 1 unspecified atom stereocenters. The monoisotopic (exact) mass is 306 g/mol. The summed E-state index contributed by atoms with van der Waals surface area (Å²) >= 11 is 0. The summed E-state index contributed by atoms with van der Waals surface area (Å²) in [7, 11) is -3.01. The third-order valence-corrected chi connectivity index (χ3v) is 8.99. The van der Waals surface area contributed by atoms with Gasteiger partial charge in [0.1, 0.15) is 5.94 Å². The van der Waals surface area contributed by atoms with E-state index < -0.39 is 9.07 Å². The van der Waals surface area contributed by atoms with Crippen molar-refractivity contribution in [3.05, 3.63) is 12.0 Å². The molecule has 1 aliphatic rings. The molecule has 3 nitrogen and oxygen atoms in total. The normalized spacial score (nSPS) is 19.1. The summed E-state index contributed by atoms with van der Waals surface area (Å²) in [6.07, 6.45) is 6.64. The van der Waals surface area contributed by atoms with Gasteiger partial charge in [0.05, 0.1) is 0 Å². The van der Waals surface area contributed by atoms with E-state index >= 15 is 0 Å². The van der Waals surface area contributed by atoms with Gasteiger partial charge in [-0.2, -0.15) is 0 Å². The predicted octanol–water partition coefficient (Wildman–Crippen LogP) is 3.69. The first-order chi connectivity index (χ1) is 9.47. The van der Waals surface area contributed by atoms with Crippen LogP contribution < -0.4 is 0 Å². The van der Waals surface area contributed by atoms with Crippen LogP contribution in [0.5, 0.6) is 0 Å². The van der Waals surface area contributed by atoms with Crippen molar-refractivity contribution >= 4 is 9.07 Å². The van der Waals surface area contributed by atoms with Crippen molar-refractivity contribution in [3.63, 3.8) is 0 Å². The van der Waals surface area contributed by atoms with Crippen molar-refractivity contribution in [1.29, 1.82) is 0 Å². The van der Waals surface area contributed by atoms with Crippen LogP contribution >= 0.6 is 0 Å². The summed E-state index contributed by atoms with van der Waals surface area (Å²) in [5.74, 6) is 0.327. The zero-order chi connectivity index (χ0) is 15.5.